The van der Waals surface area contributed by atoms with Gasteiger partial charge in [0.05, 0.1) is 10.9 Å². The van der Waals surface area contributed by atoms with Gasteiger partial charge in [0.25, 0.3) is 5.01 Å². The highest BCUT2D eigenvalue weighted by molar-refractivity contribution is 7.12. The minimum Gasteiger partial charge on any atom is -0.372 e. The number of carbonyl (C=O) groups excluding carboxylic acids is 1. The number of carbonyl (C=O) groups is 1. The van der Waals surface area contributed by atoms with Crippen LogP contribution in [0, 0.1) is 0 Å². The van der Waals surface area contributed by atoms with E-state index in [1.54, 1.807) is 11.3 Å². The fourth-order valence-corrected chi connectivity index (χ4v) is 3.04. The van der Waals surface area contributed by atoms with Gasteiger partial charge < -0.3 is 4.90 Å². The van der Waals surface area contributed by atoms with Gasteiger partial charge in [-0.3, -0.25) is 4.79 Å². The van der Waals surface area contributed by atoms with Gasteiger partial charge in [-0.1, -0.05) is 11.3 Å². The molecular weight excluding hydrogens is 256 g/mol. The number of nitrogens with zero attached hydrogens (tertiary/aromatic N) is 2. The SMILES string of the molecule is CCN(CC)c1ccc(-c2scc[n+]2CC=O)cc1. The minimum absolute atomic E-state index is 0.413. The van der Waals surface area contributed by atoms with Gasteiger partial charge in [-0.05, 0) is 38.1 Å². The first-order valence-electron chi connectivity index (χ1n) is 6.56. The van der Waals surface area contributed by atoms with E-state index in [2.05, 4.69) is 43.0 Å². The molecule has 0 radical (unpaired) electrons. The summed E-state index contributed by atoms with van der Waals surface area (Å²) in [7, 11) is 0. The Hall–Kier alpha value is -1.68. The van der Waals surface area contributed by atoms with Gasteiger partial charge in [-0.25, -0.2) is 0 Å². The average Bonchev–Trinajstić information content (AvgIpc) is 2.90. The molecule has 2 aromatic rings. The Morgan fingerprint density at radius 1 is 1.21 bits per heavy atom. The van der Waals surface area contributed by atoms with E-state index in [9.17, 15) is 4.79 Å². The van der Waals surface area contributed by atoms with E-state index >= 15 is 0 Å². The summed E-state index contributed by atoms with van der Waals surface area (Å²) < 4.78 is 1.98. The van der Waals surface area contributed by atoms with Crippen LogP contribution in [0.15, 0.2) is 35.8 Å². The molecule has 0 saturated heterocycles. The Balaban J connectivity index is 2.27. The Kier molecular flexibility index (Phi) is 4.68. The molecule has 0 aliphatic heterocycles. The standard InChI is InChI=1S/C15H19N2OS/c1-3-16(4-2)14-7-5-13(6-8-14)15-17(9-11-18)10-12-19-15/h5-8,10-12H,3-4,9H2,1-2H3/q+1. The Labute approximate surface area is 118 Å². The molecule has 100 valence electrons. The molecule has 19 heavy (non-hydrogen) atoms. The molecule has 0 spiro atoms. The summed E-state index contributed by atoms with van der Waals surface area (Å²) in [6.45, 7) is 6.76. The maximum Gasteiger partial charge on any atom is 0.269 e. The molecule has 0 N–H and O–H groups in total. The second-order valence-corrected chi connectivity index (χ2v) is 5.14. The molecule has 0 saturated carbocycles. The minimum atomic E-state index is 0.413. The van der Waals surface area contributed by atoms with Gasteiger partial charge in [0.15, 0.2) is 12.5 Å². The highest BCUT2D eigenvalue weighted by Gasteiger charge is 2.14. The summed E-state index contributed by atoms with van der Waals surface area (Å²) in [5, 5.41) is 3.13. The molecule has 0 atom stereocenters. The normalized spacial score (nSPS) is 10.4. The molecule has 0 aliphatic rings. The number of anilines is 1. The molecule has 0 bridgehead atoms. The van der Waals surface area contributed by atoms with E-state index in [0.29, 0.717) is 6.54 Å². The van der Waals surface area contributed by atoms with Gasteiger partial charge in [-0.15, -0.1) is 0 Å². The van der Waals surface area contributed by atoms with E-state index in [1.165, 1.54) is 5.69 Å². The van der Waals surface area contributed by atoms with Crippen molar-refractivity contribution in [1.82, 2.24) is 0 Å². The Morgan fingerprint density at radius 2 is 1.89 bits per heavy atom. The summed E-state index contributed by atoms with van der Waals surface area (Å²) in [5.41, 5.74) is 2.40. The number of aromatic nitrogens is 1. The fraction of sp³-hybridized carbons (Fsp3) is 0.333. The third-order valence-corrected chi connectivity index (χ3v) is 4.15. The number of benzene rings is 1. The molecule has 0 amide bonds. The van der Waals surface area contributed by atoms with Crippen LogP contribution in [0.4, 0.5) is 5.69 Å². The molecule has 2 rings (SSSR count). The summed E-state index contributed by atoms with van der Waals surface area (Å²) in [6.07, 6.45) is 2.88. The van der Waals surface area contributed by atoms with Crippen LogP contribution in [0.1, 0.15) is 13.8 Å². The predicted molar refractivity (Wildman–Crippen MR) is 79.6 cm³/mol. The van der Waals surface area contributed by atoms with Crippen molar-refractivity contribution in [3.63, 3.8) is 0 Å². The van der Waals surface area contributed by atoms with Crippen molar-refractivity contribution in [2.24, 2.45) is 0 Å². The van der Waals surface area contributed by atoms with E-state index in [-0.39, 0.29) is 0 Å². The van der Waals surface area contributed by atoms with E-state index in [0.717, 1.165) is 29.9 Å². The maximum atomic E-state index is 10.7. The van der Waals surface area contributed by atoms with Crippen LogP contribution in [0.25, 0.3) is 10.6 Å². The van der Waals surface area contributed by atoms with E-state index < -0.39 is 0 Å². The first-order chi connectivity index (χ1) is 9.30. The molecule has 3 nitrogen and oxygen atoms in total. The van der Waals surface area contributed by atoms with Crippen molar-refractivity contribution in [3.05, 3.63) is 35.8 Å². The third-order valence-electron chi connectivity index (χ3n) is 3.20. The van der Waals surface area contributed by atoms with Crippen molar-refractivity contribution in [1.29, 1.82) is 0 Å². The maximum absolute atomic E-state index is 10.7. The lowest BCUT2D eigenvalue weighted by Crippen LogP contribution is -2.33. The number of thiazole rings is 1. The number of rotatable bonds is 6. The van der Waals surface area contributed by atoms with Crippen LogP contribution >= 0.6 is 11.3 Å². The lowest BCUT2D eigenvalue weighted by Gasteiger charge is -2.20. The molecule has 0 fully saturated rings. The van der Waals surface area contributed by atoms with Gasteiger partial charge in [0.1, 0.15) is 0 Å². The summed E-state index contributed by atoms with van der Waals surface area (Å²) in [6, 6.07) is 8.54. The van der Waals surface area contributed by atoms with Crippen molar-refractivity contribution in [2.45, 2.75) is 20.4 Å². The molecule has 0 unspecified atom stereocenters. The Morgan fingerprint density at radius 3 is 2.47 bits per heavy atom. The van der Waals surface area contributed by atoms with Crippen molar-refractivity contribution in [3.8, 4) is 10.6 Å². The topological polar surface area (TPSA) is 24.2 Å². The second-order valence-electron chi connectivity index (χ2n) is 4.25. The van der Waals surface area contributed by atoms with Crippen LogP contribution in [0.2, 0.25) is 0 Å². The van der Waals surface area contributed by atoms with Crippen LogP contribution in [-0.2, 0) is 11.3 Å². The highest BCUT2D eigenvalue weighted by Crippen LogP contribution is 2.23. The molecule has 0 aliphatic carbocycles. The Bertz CT molecular complexity index is 529. The molecular formula is C15H19N2OS+. The largest absolute Gasteiger partial charge is 0.372 e. The second kappa shape index (κ2) is 6.48. The predicted octanol–water partition coefficient (Wildman–Crippen LogP) is 2.75. The zero-order valence-electron chi connectivity index (χ0n) is 11.4. The number of hydrogen-bond acceptors (Lipinski definition) is 3. The van der Waals surface area contributed by atoms with Crippen molar-refractivity contribution >= 4 is 23.3 Å². The van der Waals surface area contributed by atoms with E-state index in [1.807, 2.05) is 16.1 Å². The third kappa shape index (κ3) is 3.01. The summed E-state index contributed by atoms with van der Waals surface area (Å²) in [5.74, 6) is 0. The van der Waals surface area contributed by atoms with Gasteiger partial charge in [-0.2, -0.15) is 4.57 Å². The first-order valence-corrected chi connectivity index (χ1v) is 7.44. The molecule has 1 aromatic heterocycles. The monoisotopic (exact) mass is 275 g/mol. The lowest BCUT2D eigenvalue weighted by molar-refractivity contribution is -0.667. The molecule has 4 heteroatoms. The van der Waals surface area contributed by atoms with Crippen LogP contribution < -0.4 is 9.47 Å². The van der Waals surface area contributed by atoms with Crippen LogP contribution in [0.3, 0.4) is 0 Å². The van der Waals surface area contributed by atoms with Gasteiger partial charge in [0.2, 0.25) is 6.54 Å². The van der Waals surface area contributed by atoms with Crippen LogP contribution in [0.5, 0.6) is 0 Å². The highest BCUT2D eigenvalue weighted by atomic mass is 32.1. The first kappa shape index (κ1) is 13.7. The summed E-state index contributed by atoms with van der Waals surface area (Å²) in [4.78, 5) is 13.0. The summed E-state index contributed by atoms with van der Waals surface area (Å²) >= 11 is 1.66. The zero-order chi connectivity index (χ0) is 13.7. The number of aldehydes is 1. The smallest absolute Gasteiger partial charge is 0.269 e. The zero-order valence-corrected chi connectivity index (χ0v) is 12.2. The quantitative estimate of drug-likeness (QED) is 0.598. The van der Waals surface area contributed by atoms with Gasteiger partial charge in [0, 0.05) is 18.8 Å². The lowest BCUT2D eigenvalue weighted by atomic mass is 10.2. The average molecular weight is 275 g/mol. The van der Waals surface area contributed by atoms with Crippen molar-refractivity contribution < 1.29 is 9.36 Å². The molecule has 1 heterocycles. The van der Waals surface area contributed by atoms with Gasteiger partial charge >= 0.3 is 0 Å². The number of hydrogen-bond donors (Lipinski definition) is 0. The molecule has 1 aromatic carbocycles. The fourth-order valence-electron chi connectivity index (χ4n) is 2.17. The van der Waals surface area contributed by atoms with Crippen molar-refractivity contribution in [2.75, 3.05) is 18.0 Å². The van der Waals surface area contributed by atoms with Crippen LogP contribution in [-0.4, -0.2) is 19.4 Å². The van der Waals surface area contributed by atoms with E-state index in [4.69, 9.17) is 0 Å².